The summed E-state index contributed by atoms with van der Waals surface area (Å²) in [6.07, 6.45) is 0. The van der Waals surface area contributed by atoms with E-state index in [1.165, 1.54) is 16.7 Å². The fourth-order valence-corrected chi connectivity index (χ4v) is 6.94. The Morgan fingerprint density at radius 2 is 1.85 bits per heavy atom. The molecule has 6 heteroatoms. The summed E-state index contributed by atoms with van der Waals surface area (Å²) in [4.78, 5) is 7.01. The van der Waals surface area contributed by atoms with E-state index in [4.69, 9.17) is 4.99 Å². The van der Waals surface area contributed by atoms with Crippen LogP contribution in [0.3, 0.4) is 0 Å². The number of sulfone groups is 1. The quantitative estimate of drug-likeness (QED) is 0.784. The zero-order valence-electron chi connectivity index (χ0n) is 15.8. The summed E-state index contributed by atoms with van der Waals surface area (Å²) in [7, 11) is -3.02. The zero-order valence-corrected chi connectivity index (χ0v) is 17.5. The Hall–Kier alpha value is -1.79. The maximum absolute atomic E-state index is 12.2. The van der Waals surface area contributed by atoms with E-state index in [9.17, 15) is 8.42 Å². The molecule has 0 unspecified atom stereocenters. The monoisotopic (exact) mass is 400 g/mol. The minimum Gasteiger partial charge on any atom is -0.315 e. The minimum absolute atomic E-state index is 0.0872. The fraction of sp³-hybridized carbons (Fsp3) is 0.381. The van der Waals surface area contributed by atoms with Crippen LogP contribution in [0.4, 0.5) is 5.69 Å². The van der Waals surface area contributed by atoms with Gasteiger partial charge in [0.2, 0.25) is 0 Å². The number of amidine groups is 1. The van der Waals surface area contributed by atoms with Crippen LogP contribution in [0.15, 0.2) is 47.5 Å². The number of hydrogen-bond donors (Lipinski definition) is 0. The summed E-state index contributed by atoms with van der Waals surface area (Å²) in [6.45, 7) is 6.28. The highest BCUT2D eigenvalue weighted by Crippen LogP contribution is 2.37. The Kier molecular flexibility index (Phi) is 4.80. The summed E-state index contributed by atoms with van der Waals surface area (Å²) in [5.41, 5.74) is 5.99. The molecule has 4 rings (SSSR count). The number of aliphatic imine (C=N–C) groups is 1. The highest BCUT2D eigenvalue weighted by Gasteiger charge is 2.47. The summed E-state index contributed by atoms with van der Waals surface area (Å²) in [5, 5.41) is 0.940. The molecular formula is C21H24N2O2S2. The first-order valence-corrected chi connectivity index (χ1v) is 12.0. The molecule has 0 amide bonds. The smallest absolute Gasteiger partial charge is 0.164 e. The van der Waals surface area contributed by atoms with Crippen LogP contribution in [0.25, 0.3) is 0 Å². The Bertz CT molecular complexity index is 1010. The maximum atomic E-state index is 12.2. The van der Waals surface area contributed by atoms with E-state index in [-0.39, 0.29) is 23.6 Å². The van der Waals surface area contributed by atoms with Crippen molar-refractivity contribution in [3.05, 3.63) is 64.7 Å². The Labute approximate surface area is 165 Å². The highest BCUT2D eigenvalue weighted by atomic mass is 32.2. The third-order valence-electron chi connectivity index (χ3n) is 5.34. The molecule has 2 aromatic rings. The van der Waals surface area contributed by atoms with Crippen LogP contribution in [0, 0.1) is 20.8 Å². The topological polar surface area (TPSA) is 49.7 Å². The average Bonchev–Trinajstić information content (AvgIpc) is 3.06. The molecule has 0 bridgehead atoms. The van der Waals surface area contributed by atoms with Crippen LogP contribution in [0.2, 0.25) is 0 Å². The fourth-order valence-electron chi connectivity index (χ4n) is 3.90. The normalized spacial score (nSPS) is 23.4. The standard InChI is InChI=1S/C21H24N2O2S2/c1-14-8-9-19(16(3)10-14)23-20-13-27(24,25)12-18(20)22-21(23)26-11-17-7-5-4-6-15(17)2/h4-10,18,20H,11-13H2,1-3H3/t18-,20-/m0/s1. The molecule has 4 nitrogen and oxygen atoms in total. The summed E-state index contributed by atoms with van der Waals surface area (Å²) in [5.74, 6) is 1.18. The van der Waals surface area contributed by atoms with Gasteiger partial charge < -0.3 is 4.90 Å². The Balaban J connectivity index is 1.66. The van der Waals surface area contributed by atoms with Crippen molar-refractivity contribution < 1.29 is 8.42 Å². The number of hydrogen-bond acceptors (Lipinski definition) is 5. The molecule has 2 aromatic carbocycles. The van der Waals surface area contributed by atoms with Crippen LogP contribution < -0.4 is 4.90 Å². The van der Waals surface area contributed by atoms with Gasteiger partial charge in [0, 0.05) is 11.4 Å². The van der Waals surface area contributed by atoms with E-state index in [0.717, 1.165) is 22.2 Å². The number of nitrogens with zero attached hydrogens (tertiary/aromatic N) is 2. The predicted molar refractivity (Wildman–Crippen MR) is 115 cm³/mol. The molecule has 2 aliphatic rings. The van der Waals surface area contributed by atoms with Crippen molar-refractivity contribution >= 4 is 32.5 Å². The van der Waals surface area contributed by atoms with Crippen LogP contribution in [0.5, 0.6) is 0 Å². The second kappa shape index (κ2) is 6.99. The van der Waals surface area contributed by atoms with Gasteiger partial charge in [-0.05, 0) is 43.5 Å². The van der Waals surface area contributed by atoms with E-state index in [0.29, 0.717) is 0 Å². The van der Waals surface area contributed by atoms with Crippen molar-refractivity contribution in [1.82, 2.24) is 0 Å². The van der Waals surface area contributed by atoms with E-state index in [2.05, 4.69) is 62.1 Å². The van der Waals surface area contributed by atoms with E-state index >= 15 is 0 Å². The van der Waals surface area contributed by atoms with Crippen molar-refractivity contribution in [2.24, 2.45) is 4.99 Å². The van der Waals surface area contributed by atoms with Crippen LogP contribution in [-0.2, 0) is 15.6 Å². The molecular weight excluding hydrogens is 376 g/mol. The van der Waals surface area contributed by atoms with Crippen LogP contribution >= 0.6 is 11.8 Å². The van der Waals surface area contributed by atoms with Gasteiger partial charge in [-0.1, -0.05) is 53.7 Å². The van der Waals surface area contributed by atoms with Crippen molar-refractivity contribution in [2.45, 2.75) is 38.6 Å². The van der Waals surface area contributed by atoms with Gasteiger partial charge in [-0.2, -0.15) is 0 Å². The van der Waals surface area contributed by atoms with Gasteiger partial charge in [0.25, 0.3) is 0 Å². The summed E-state index contributed by atoms with van der Waals surface area (Å²) in [6, 6.07) is 14.5. The van der Waals surface area contributed by atoms with E-state index in [1.54, 1.807) is 11.8 Å². The van der Waals surface area contributed by atoms with Gasteiger partial charge in [-0.25, -0.2) is 8.42 Å². The van der Waals surface area contributed by atoms with E-state index < -0.39 is 9.84 Å². The Morgan fingerprint density at radius 3 is 2.59 bits per heavy atom. The number of anilines is 1. The number of fused-ring (bicyclic) bond motifs is 1. The summed E-state index contributed by atoms with van der Waals surface area (Å²) < 4.78 is 24.4. The third-order valence-corrected chi connectivity index (χ3v) is 8.05. The molecule has 0 saturated carbocycles. The van der Waals surface area contributed by atoms with Gasteiger partial charge in [0.1, 0.15) is 0 Å². The lowest BCUT2D eigenvalue weighted by molar-refractivity contribution is 0.601. The zero-order chi connectivity index (χ0) is 19.2. The van der Waals surface area contributed by atoms with Gasteiger partial charge in [-0.3, -0.25) is 4.99 Å². The molecule has 2 atom stereocenters. The second-order valence-corrected chi connectivity index (χ2v) is 10.6. The molecule has 0 aromatic heterocycles. The van der Waals surface area contributed by atoms with Gasteiger partial charge in [0.05, 0.1) is 23.6 Å². The first kappa shape index (κ1) is 18.6. The first-order valence-electron chi connectivity index (χ1n) is 9.16. The number of thioether (sulfide) groups is 1. The molecule has 142 valence electrons. The van der Waals surface area contributed by atoms with Gasteiger partial charge in [0.15, 0.2) is 15.0 Å². The lowest BCUT2D eigenvalue weighted by atomic mass is 10.1. The highest BCUT2D eigenvalue weighted by molar-refractivity contribution is 8.13. The first-order chi connectivity index (χ1) is 12.8. The van der Waals surface area contributed by atoms with Crippen molar-refractivity contribution in [3.63, 3.8) is 0 Å². The van der Waals surface area contributed by atoms with Gasteiger partial charge in [-0.15, -0.1) is 0 Å². The van der Waals surface area contributed by atoms with Gasteiger partial charge >= 0.3 is 0 Å². The van der Waals surface area contributed by atoms with Crippen LogP contribution in [0.1, 0.15) is 22.3 Å². The molecule has 0 spiro atoms. The molecule has 2 heterocycles. The molecule has 27 heavy (non-hydrogen) atoms. The molecule has 0 radical (unpaired) electrons. The minimum atomic E-state index is -3.02. The average molecular weight is 401 g/mol. The van der Waals surface area contributed by atoms with Crippen molar-refractivity contribution in [2.75, 3.05) is 16.4 Å². The number of aryl methyl sites for hydroxylation is 3. The lowest BCUT2D eigenvalue weighted by Crippen LogP contribution is -2.39. The van der Waals surface area contributed by atoms with Crippen LogP contribution in [-0.4, -0.2) is 37.2 Å². The summed E-state index contributed by atoms with van der Waals surface area (Å²) >= 11 is 1.71. The molecule has 1 saturated heterocycles. The number of rotatable bonds is 3. The molecule has 0 N–H and O–H groups in total. The van der Waals surface area contributed by atoms with E-state index in [1.807, 2.05) is 6.07 Å². The van der Waals surface area contributed by atoms with Crippen molar-refractivity contribution in [1.29, 1.82) is 0 Å². The van der Waals surface area contributed by atoms with Crippen molar-refractivity contribution in [3.8, 4) is 0 Å². The Morgan fingerprint density at radius 1 is 1.07 bits per heavy atom. The maximum Gasteiger partial charge on any atom is 0.164 e. The third kappa shape index (κ3) is 3.65. The molecule has 2 aliphatic heterocycles. The predicted octanol–water partition coefficient (Wildman–Crippen LogP) is 3.89. The number of benzene rings is 2. The largest absolute Gasteiger partial charge is 0.315 e. The molecule has 1 fully saturated rings. The molecule has 0 aliphatic carbocycles. The second-order valence-electron chi connectivity index (χ2n) is 7.50. The lowest BCUT2D eigenvalue weighted by Gasteiger charge is -2.28. The SMILES string of the molecule is Cc1ccc(N2C(SCc3ccccc3C)=N[C@H]3CS(=O)(=O)C[C@@H]32)c(C)c1.